The number of benzene rings is 1. The van der Waals surface area contributed by atoms with E-state index in [4.69, 9.17) is 14.3 Å². The monoisotopic (exact) mass is 316 g/mol. The van der Waals surface area contributed by atoms with Crippen molar-refractivity contribution in [1.29, 1.82) is 0 Å². The van der Waals surface area contributed by atoms with E-state index in [2.05, 4.69) is 4.98 Å². The van der Waals surface area contributed by atoms with Gasteiger partial charge in [-0.15, -0.1) is 0 Å². The van der Waals surface area contributed by atoms with E-state index in [1.54, 1.807) is 37.4 Å². The van der Waals surface area contributed by atoms with Crippen LogP contribution in [0, 0.1) is 0 Å². The number of morpholine rings is 1. The second-order valence-electron chi connectivity index (χ2n) is 5.43. The Balaban J connectivity index is 1.76. The number of carbonyl (C=O) groups excluding carboxylic acids is 1. The van der Waals surface area contributed by atoms with Gasteiger partial charge in [0.2, 0.25) is 0 Å². The number of hydrogen-bond acceptors (Lipinski definition) is 5. The fourth-order valence-electron chi connectivity index (χ4n) is 2.57. The smallest absolute Gasteiger partial charge is 0.334 e. The number of aliphatic carboxylic acids is 1. The van der Waals surface area contributed by atoms with Crippen molar-refractivity contribution >= 4 is 11.9 Å². The maximum absolute atomic E-state index is 12.6. The minimum atomic E-state index is -1.06. The van der Waals surface area contributed by atoms with Crippen LogP contribution in [0.25, 0.3) is 11.3 Å². The van der Waals surface area contributed by atoms with Gasteiger partial charge < -0.3 is 19.2 Å². The second kappa shape index (κ2) is 6.21. The first-order valence-corrected chi connectivity index (χ1v) is 7.21. The van der Waals surface area contributed by atoms with Gasteiger partial charge in [-0.3, -0.25) is 4.79 Å². The van der Waals surface area contributed by atoms with Crippen molar-refractivity contribution in [2.45, 2.75) is 19.1 Å². The van der Waals surface area contributed by atoms with Crippen LogP contribution in [0.1, 0.15) is 17.3 Å². The SMILES string of the molecule is C[C@@H]1CN(C(=O)c2ccc(-c3cnco3)cc2)CC(C(=O)O)O1. The fourth-order valence-corrected chi connectivity index (χ4v) is 2.57. The largest absolute Gasteiger partial charge is 0.479 e. The number of carboxylic acids is 1. The summed E-state index contributed by atoms with van der Waals surface area (Å²) in [4.78, 5) is 29.0. The molecule has 3 rings (SSSR count). The van der Waals surface area contributed by atoms with Gasteiger partial charge in [-0.05, 0) is 19.1 Å². The maximum Gasteiger partial charge on any atom is 0.334 e. The molecule has 0 aliphatic carbocycles. The standard InChI is InChI=1S/C16H16N2O5/c1-10-7-18(8-14(23-10)16(20)21)15(19)12-4-2-11(3-5-12)13-6-17-9-22-13/h2-6,9-10,14H,7-8H2,1H3,(H,20,21)/t10-,14?/m1/s1. The molecule has 0 radical (unpaired) electrons. The quantitative estimate of drug-likeness (QED) is 0.925. The molecule has 0 spiro atoms. The van der Waals surface area contributed by atoms with E-state index in [-0.39, 0.29) is 18.6 Å². The topological polar surface area (TPSA) is 92.9 Å². The van der Waals surface area contributed by atoms with Crippen LogP contribution in [0.15, 0.2) is 41.3 Å². The molecule has 1 saturated heterocycles. The molecule has 1 unspecified atom stereocenters. The van der Waals surface area contributed by atoms with Gasteiger partial charge in [0.1, 0.15) is 0 Å². The Labute approximate surface area is 132 Å². The molecule has 23 heavy (non-hydrogen) atoms. The Bertz CT molecular complexity index is 696. The lowest BCUT2D eigenvalue weighted by atomic mass is 10.1. The number of carbonyl (C=O) groups is 2. The number of hydrogen-bond donors (Lipinski definition) is 1. The summed E-state index contributed by atoms with van der Waals surface area (Å²) >= 11 is 0. The van der Waals surface area contributed by atoms with Crippen LogP contribution in [0.4, 0.5) is 0 Å². The minimum Gasteiger partial charge on any atom is -0.479 e. The molecular weight excluding hydrogens is 300 g/mol. The number of nitrogens with zero attached hydrogens (tertiary/aromatic N) is 2. The molecule has 1 N–H and O–H groups in total. The van der Waals surface area contributed by atoms with Gasteiger partial charge >= 0.3 is 5.97 Å². The van der Waals surface area contributed by atoms with Crippen molar-refractivity contribution in [3.63, 3.8) is 0 Å². The van der Waals surface area contributed by atoms with Crippen molar-refractivity contribution in [2.75, 3.05) is 13.1 Å². The Morgan fingerprint density at radius 2 is 2.00 bits per heavy atom. The highest BCUT2D eigenvalue weighted by Crippen LogP contribution is 2.20. The lowest BCUT2D eigenvalue weighted by Crippen LogP contribution is -2.51. The van der Waals surface area contributed by atoms with E-state index < -0.39 is 12.1 Å². The predicted molar refractivity (Wildman–Crippen MR) is 79.8 cm³/mol. The average Bonchev–Trinajstić information content (AvgIpc) is 3.08. The molecule has 2 heterocycles. The van der Waals surface area contributed by atoms with Crippen LogP contribution in [-0.2, 0) is 9.53 Å². The van der Waals surface area contributed by atoms with E-state index in [0.29, 0.717) is 17.9 Å². The lowest BCUT2D eigenvalue weighted by molar-refractivity contribution is -0.160. The molecule has 7 heteroatoms. The zero-order valence-corrected chi connectivity index (χ0v) is 12.5. The third kappa shape index (κ3) is 3.24. The number of amides is 1. The van der Waals surface area contributed by atoms with E-state index in [9.17, 15) is 9.59 Å². The number of aromatic nitrogens is 1. The third-order valence-corrected chi connectivity index (χ3v) is 3.67. The molecule has 120 valence electrons. The Morgan fingerprint density at radius 1 is 1.26 bits per heavy atom. The van der Waals surface area contributed by atoms with Gasteiger partial charge in [-0.25, -0.2) is 9.78 Å². The maximum atomic E-state index is 12.6. The summed E-state index contributed by atoms with van der Waals surface area (Å²) in [5.41, 5.74) is 1.31. The van der Waals surface area contributed by atoms with Crippen molar-refractivity contribution < 1.29 is 23.8 Å². The van der Waals surface area contributed by atoms with Crippen LogP contribution < -0.4 is 0 Å². The summed E-state index contributed by atoms with van der Waals surface area (Å²) in [5, 5.41) is 9.09. The van der Waals surface area contributed by atoms with Crippen molar-refractivity contribution in [1.82, 2.24) is 9.88 Å². The highest BCUT2D eigenvalue weighted by Gasteiger charge is 2.32. The molecule has 1 fully saturated rings. The number of oxazole rings is 1. The Kier molecular flexibility index (Phi) is 4.12. The first-order valence-electron chi connectivity index (χ1n) is 7.21. The van der Waals surface area contributed by atoms with Gasteiger partial charge in [-0.1, -0.05) is 12.1 Å². The summed E-state index contributed by atoms with van der Waals surface area (Å²) in [5.74, 6) is -0.652. The molecule has 1 amide bonds. The van der Waals surface area contributed by atoms with E-state index in [0.717, 1.165) is 5.56 Å². The van der Waals surface area contributed by atoms with Crippen LogP contribution in [0.3, 0.4) is 0 Å². The van der Waals surface area contributed by atoms with Crippen LogP contribution in [-0.4, -0.2) is 52.2 Å². The molecule has 1 aromatic heterocycles. The molecule has 1 aliphatic heterocycles. The third-order valence-electron chi connectivity index (χ3n) is 3.67. The van der Waals surface area contributed by atoms with Crippen molar-refractivity contribution in [3.8, 4) is 11.3 Å². The van der Waals surface area contributed by atoms with E-state index in [1.165, 1.54) is 11.3 Å². The zero-order valence-electron chi connectivity index (χ0n) is 12.5. The number of ether oxygens (including phenoxy) is 1. The van der Waals surface area contributed by atoms with Gasteiger partial charge in [-0.2, -0.15) is 0 Å². The van der Waals surface area contributed by atoms with Gasteiger partial charge in [0.05, 0.1) is 18.8 Å². The van der Waals surface area contributed by atoms with E-state index in [1.807, 2.05) is 0 Å². The molecule has 0 bridgehead atoms. The zero-order chi connectivity index (χ0) is 16.4. The second-order valence-corrected chi connectivity index (χ2v) is 5.43. The van der Waals surface area contributed by atoms with Gasteiger partial charge in [0.15, 0.2) is 18.3 Å². The summed E-state index contributed by atoms with van der Waals surface area (Å²) < 4.78 is 10.5. The average molecular weight is 316 g/mol. The molecule has 0 saturated carbocycles. The molecule has 2 atom stereocenters. The fraction of sp³-hybridized carbons (Fsp3) is 0.312. The number of rotatable bonds is 3. The van der Waals surface area contributed by atoms with Crippen molar-refractivity contribution in [2.24, 2.45) is 0 Å². The van der Waals surface area contributed by atoms with Crippen LogP contribution >= 0.6 is 0 Å². The molecular formula is C16H16N2O5. The Morgan fingerprint density at radius 3 is 2.61 bits per heavy atom. The summed E-state index contributed by atoms with van der Waals surface area (Å²) in [6.45, 7) is 2.16. The summed E-state index contributed by atoms with van der Waals surface area (Å²) in [6.07, 6.45) is 1.63. The molecule has 1 aliphatic rings. The Hall–Kier alpha value is -2.67. The van der Waals surface area contributed by atoms with Gasteiger partial charge in [0, 0.05) is 17.7 Å². The normalized spacial score (nSPS) is 21.2. The van der Waals surface area contributed by atoms with Crippen LogP contribution in [0.5, 0.6) is 0 Å². The molecule has 2 aromatic rings. The summed E-state index contributed by atoms with van der Waals surface area (Å²) in [7, 11) is 0. The van der Waals surface area contributed by atoms with Crippen LogP contribution in [0.2, 0.25) is 0 Å². The minimum absolute atomic E-state index is 0.0440. The predicted octanol–water partition coefficient (Wildman–Crippen LogP) is 1.66. The van der Waals surface area contributed by atoms with E-state index >= 15 is 0 Å². The molecule has 7 nitrogen and oxygen atoms in total. The van der Waals surface area contributed by atoms with Crippen molar-refractivity contribution in [3.05, 3.63) is 42.4 Å². The van der Waals surface area contributed by atoms with Gasteiger partial charge in [0.25, 0.3) is 5.91 Å². The highest BCUT2D eigenvalue weighted by molar-refractivity contribution is 5.95. The molecule has 1 aromatic carbocycles. The first kappa shape index (κ1) is 15.2. The highest BCUT2D eigenvalue weighted by atomic mass is 16.5. The summed E-state index contributed by atoms with van der Waals surface area (Å²) in [6, 6.07) is 6.92. The number of carboxylic acid groups (broad SMARTS) is 1. The lowest BCUT2D eigenvalue weighted by Gasteiger charge is -2.35. The first-order chi connectivity index (χ1) is 11.0.